The third-order valence-electron chi connectivity index (χ3n) is 2.90. The highest BCUT2D eigenvalue weighted by atomic mass is 35.5. The van der Waals surface area contributed by atoms with Crippen LogP contribution in [0.3, 0.4) is 0 Å². The van der Waals surface area contributed by atoms with Gasteiger partial charge >= 0.3 is 0 Å². The molecule has 3 aromatic rings. The van der Waals surface area contributed by atoms with E-state index < -0.39 is 0 Å². The summed E-state index contributed by atoms with van der Waals surface area (Å²) in [6, 6.07) is 13.0. The van der Waals surface area contributed by atoms with Gasteiger partial charge in [-0.25, -0.2) is 4.98 Å². The van der Waals surface area contributed by atoms with E-state index in [0.29, 0.717) is 16.7 Å². The molecule has 5 heteroatoms. The maximum Gasteiger partial charge on any atom is 0.231 e. The molecule has 20 heavy (non-hydrogen) atoms. The van der Waals surface area contributed by atoms with Crippen LogP contribution in [-0.4, -0.2) is 9.97 Å². The average Bonchev–Trinajstić information content (AvgIpc) is 2.43. The average molecular weight is 305 g/mol. The molecule has 0 fully saturated rings. The highest BCUT2D eigenvalue weighted by Gasteiger charge is 2.10. The van der Waals surface area contributed by atoms with Gasteiger partial charge in [-0.2, -0.15) is 4.98 Å². The number of nitrogens with zero attached hydrogens (tertiary/aromatic N) is 2. The Morgan fingerprint density at radius 1 is 1.00 bits per heavy atom. The third-order valence-corrected chi connectivity index (χ3v) is 3.30. The van der Waals surface area contributed by atoms with Crippen molar-refractivity contribution in [2.45, 2.75) is 6.92 Å². The molecule has 0 bridgehead atoms. The van der Waals surface area contributed by atoms with E-state index in [1.807, 2.05) is 43.3 Å². The van der Waals surface area contributed by atoms with Gasteiger partial charge in [0.05, 0.1) is 10.9 Å². The first kappa shape index (κ1) is 13.2. The van der Waals surface area contributed by atoms with Crippen LogP contribution in [0.4, 0.5) is 0 Å². The molecule has 0 aliphatic carbocycles. The van der Waals surface area contributed by atoms with Gasteiger partial charge in [0.2, 0.25) is 11.2 Å². The molecule has 1 aromatic heterocycles. The standard InChI is InChI=1S/C15H10Cl2N2O/c1-9-6-7-10(16)8-13(9)20-14-11-4-2-3-5-12(11)18-15(17)19-14/h2-8H,1H3. The van der Waals surface area contributed by atoms with Crippen molar-refractivity contribution < 1.29 is 4.74 Å². The van der Waals surface area contributed by atoms with Crippen molar-refractivity contribution in [2.24, 2.45) is 0 Å². The van der Waals surface area contributed by atoms with E-state index in [-0.39, 0.29) is 5.28 Å². The number of hydrogen-bond acceptors (Lipinski definition) is 3. The van der Waals surface area contributed by atoms with Crippen molar-refractivity contribution in [2.75, 3.05) is 0 Å². The van der Waals surface area contributed by atoms with E-state index in [9.17, 15) is 0 Å². The van der Waals surface area contributed by atoms with Crippen molar-refractivity contribution in [3.05, 3.63) is 58.3 Å². The van der Waals surface area contributed by atoms with Crippen molar-refractivity contribution in [1.82, 2.24) is 9.97 Å². The van der Waals surface area contributed by atoms with Gasteiger partial charge in [-0.1, -0.05) is 29.8 Å². The minimum Gasteiger partial charge on any atom is -0.438 e. The molecule has 0 unspecified atom stereocenters. The number of para-hydroxylation sites is 1. The fourth-order valence-corrected chi connectivity index (χ4v) is 2.22. The molecule has 0 N–H and O–H groups in total. The van der Waals surface area contributed by atoms with E-state index in [0.717, 1.165) is 16.5 Å². The van der Waals surface area contributed by atoms with Gasteiger partial charge in [-0.05, 0) is 48.4 Å². The number of hydrogen-bond donors (Lipinski definition) is 0. The van der Waals surface area contributed by atoms with Crippen LogP contribution in [0.25, 0.3) is 10.9 Å². The molecule has 0 amide bonds. The summed E-state index contributed by atoms with van der Waals surface area (Å²) in [4.78, 5) is 8.32. The normalized spacial score (nSPS) is 10.8. The first-order valence-electron chi connectivity index (χ1n) is 6.00. The lowest BCUT2D eigenvalue weighted by atomic mass is 10.2. The quantitative estimate of drug-likeness (QED) is 0.622. The number of halogens is 2. The number of benzene rings is 2. The number of aryl methyl sites for hydroxylation is 1. The van der Waals surface area contributed by atoms with Gasteiger partial charge in [0.15, 0.2) is 0 Å². The van der Waals surface area contributed by atoms with E-state index in [1.165, 1.54) is 0 Å². The van der Waals surface area contributed by atoms with Crippen LogP contribution >= 0.6 is 23.2 Å². The molecular weight excluding hydrogens is 295 g/mol. The summed E-state index contributed by atoms with van der Waals surface area (Å²) in [7, 11) is 0. The largest absolute Gasteiger partial charge is 0.438 e. The van der Waals surface area contributed by atoms with Crippen molar-refractivity contribution in [3.8, 4) is 11.6 Å². The van der Waals surface area contributed by atoms with E-state index >= 15 is 0 Å². The van der Waals surface area contributed by atoms with Gasteiger partial charge in [-0.3, -0.25) is 0 Å². The second kappa shape index (κ2) is 5.27. The molecule has 0 atom stereocenters. The van der Waals surface area contributed by atoms with Crippen molar-refractivity contribution in [1.29, 1.82) is 0 Å². The summed E-state index contributed by atoms with van der Waals surface area (Å²) < 4.78 is 5.86. The Kier molecular flexibility index (Phi) is 3.47. The monoisotopic (exact) mass is 304 g/mol. The van der Waals surface area contributed by atoms with Crippen LogP contribution in [0.15, 0.2) is 42.5 Å². The zero-order valence-electron chi connectivity index (χ0n) is 10.6. The predicted octanol–water partition coefficient (Wildman–Crippen LogP) is 5.04. The molecule has 0 aliphatic rings. The van der Waals surface area contributed by atoms with Gasteiger partial charge in [-0.15, -0.1) is 0 Å². The molecule has 1 heterocycles. The molecule has 3 rings (SSSR count). The summed E-state index contributed by atoms with van der Waals surface area (Å²) in [5, 5.41) is 1.56. The molecular formula is C15H10Cl2N2O. The fraction of sp³-hybridized carbons (Fsp3) is 0.0667. The third kappa shape index (κ3) is 2.55. The Labute approximate surface area is 126 Å². The summed E-state index contributed by atoms with van der Waals surface area (Å²) in [6.45, 7) is 1.94. The molecule has 3 nitrogen and oxygen atoms in total. The maximum atomic E-state index is 5.99. The highest BCUT2D eigenvalue weighted by Crippen LogP contribution is 2.31. The zero-order valence-corrected chi connectivity index (χ0v) is 12.1. The Morgan fingerprint density at radius 2 is 1.80 bits per heavy atom. The van der Waals surface area contributed by atoms with E-state index in [4.69, 9.17) is 27.9 Å². The second-order valence-electron chi connectivity index (χ2n) is 4.33. The summed E-state index contributed by atoms with van der Waals surface area (Å²) in [5.41, 5.74) is 1.70. The van der Waals surface area contributed by atoms with Gasteiger partial charge in [0, 0.05) is 5.02 Å². The predicted molar refractivity (Wildman–Crippen MR) is 80.8 cm³/mol. The van der Waals surface area contributed by atoms with E-state index in [2.05, 4.69) is 9.97 Å². The van der Waals surface area contributed by atoms with Gasteiger partial charge < -0.3 is 4.74 Å². The lowest BCUT2D eigenvalue weighted by molar-refractivity contribution is 0.465. The van der Waals surface area contributed by atoms with Crippen LogP contribution in [0, 0.1) is 6.92 Å². The van der Waals surface area contributed by atoms with Crippen molar-refractivity contribution in [3.63, 3.8) is 0 Å². The minimum atomic E-state index is 0.151. The molecule has 100 valence electrons. The lowest BCUT2D eigenvalue weighted by Crippen LogP contribution is -1.94. The molecule has 2 aromatic carbocycles. The van der Waals surface area contributed by atoms with Crippen LogP contribution in [0.5, 0.6) is 11.6 Å². The highest BCUT2D eigenvalue weighted by molar-refractivity contribution is 6.30. The molecule has 0 aliphatic heterocycles. The first-order chi connectivity index (χ1) is 9.63. The van der Waals surface area contributed by atoms with Crippen LogP contribution in [-0.2, 0) is 0 Å². The summed E-state index contributed by atoms with van der Waals surface area (Å²) >= 11 is 11.9. The van der Waals surface area contributed by atoms with Crippen LogP contribution < -0.4 is 4.74 Å². The van der Waals surface area contributed by atoms with Crippen LogP contribution in [0.2, 0.25) is 10.3 Å². The maximum absolute atomic E-state index is 5.99. The molecule has 0 spiro atoms. The smallest absolute Gasteiger partial charge is 0.231 e. The van der Waals surface area contributed by atoms with Gasteiger partial charge in [0.1, 0.15) is 5.75 Å². The molecule has 0 saturated heterocycles. The SMILES string of the molecule is Cc1ccc(Cl)cc1Oc1nc(Cl)nc2ccccc12. The second-order valence-corrected chi connectivity index (χ2v) is 5.10. The Hall–Kier alpha value is -1.84. The van der Waals surface area contributed by atoms with Crippen LogP contribution in [0.1, 0.15) is 5.56 Å². The van der Waals surface area contributed by atoms with Gasteiger partial charge in [0.25, 0.3) is 0 Å². The summed E-state index contributed by atoms with van der Waals surface area (Å²) in [5.74, 6) is 1.07. The Bertz CT molecular complexity index is 790. The number of ether oxygens (including phenoxy) is 1. The lowest BCUT2D eigenvalue weighted by Gasteiger charge is -2.10. The number of fused-ring (bicyclic) bond motifs is 1. The summed E-state index contributed by atoms with van der Waals surface area (Å²) in [6.07, 6.45) is 0. The Balaban J connectivity index is 2.13. The molecule has 0 radical (unpaired) electrons. The topological polar surface area (TPSA) is 35.0 Å². The number of aromatic nitrogens is 2. The first-order valence-corrected chi connectivity index (χ1v) is 6.75. The van der Waals surface area contributed by atoms with Crippen molar-refractivity contribution >= 4 is 34.1 Å². The van der Waals surface area contributed by atoms with E-state index in [1.54, 1.807) is 6.07 Å². The number of rotatable bonds is 2. The zero-order chi connectivity index (χ0) is 14.1. The molecule has 0 saturated carbocycles. The fourth-order valence-electron chi connectivity index (χ4n) is 1.89. The minimum absolute atomic E-state index is 0.151. The Morgan fingerprint density at radius 3 is 2.65 bits per heavy atom.